The zero-order valence-corrected chi connectivity index (χ0v) is 15.7. The Kier molecular flexibility index (Phi) is 6.34. The van der Waals surface area contributed by atoms with E-state index in [-0.39, 0.29) is 23.7 Å². The fourth-order valence-corrected chi connectivity index (χ4v) is 2.37. The minimum atomic E-state index is -0.970. The third-order valence-electron chi connectivity index (χ3n) is 3.80. The molecule has 0 atom stereocenters. The molecule has 0 aliphatic carbocycles. The summed E-state index contributed by atoms with van der Waals surface area (Å²) in [7, 11) is 0. The molecule has 2 rings (SSSR count). The number of rotatable bonds is 6. The molecule has 2 amide bonds. The first kappa shape index (κ1) is 20.2. The molecule has 2 aromatic rings. The van der Waals surface area contributed by atoms with Crippen LogP contribution >= 0.6 is 0 Å². The predicted octanol–water partition coefficient (Wildman–Crippen LogP) is 3.34. The van der Waals surface area contributed by atoms with Gasteiger partial charge in [-0.3, -0.25) is 14.4 Å². The van der Waals surface area contributed by atoms with Gasteiger partial charge in [0.05, 0.1) is 6.42 Å². The Labute approximate surface area is 158 Å². The Morgan fingerprint density at radius 1 is 0.889 bits per heavy atom. The summed E-state index contributed by atoms with van der Waals surface area (Å²) < 4.78 is 0. The summed E-state index contributed by atoms with van der Waals surface area (Å²) in [4.78, 5) is 35.5. The van der Waals surface area contributed by atoms with E-state index < -0.39 is 5.97 Å². The van der Waals surface area contributed by atoms with Crippen LogP contribution < -0.4 is 10.6 Å². The lowest BCUT2D eigenvalue weighted by molar-refractivity contribution is -0.136. The fourth-order valence-electron chi connectivity index (χ4n) is 2.37. The van der Waals surface area contributed by atoms with Gasteiger partial charge in [0.2, 0.25) is 0 Å². The van der Waals surface area contributed by atoms with Crippen molar-refractivity contribution in [2.75, 3.05) is 11.9 Å². The quantitative estimate of drug-likeness (QED) is 0.729. The van der Waals surface area contributed by atoms with Gasteiger partial charge in [-0.05, 0) is 41.3 Å². The smallest absolute Gasteiger partial charge is 0.307 e. The molecule has 0 bridgehead atoms. The number of para-hydroxylation sites is 1. The van der Waals surface area contributed by atoms with Gasteiger partial charge in [0.1, 0.15) is 0 Å². The highest BCUT2D eigenvalue weighted by atomic mass is 16.4. The number of carbonyl (C=O) groups excluding carboxylic acids is 2. The third-order valence-corrected chi connectivity index (χ3v) is 3.80. The number of hydrogen-bond donors (Lipinski definition) is 3. The highest BCUT2D eigenvalue weighted by Gasteiger charge is 2.14. The minimum Gasteiger partial charge on any atom is -0.481 e. The molecule has 0 heterocycles. The van der Waals surface area contributed by atoms with Crippen molar-refractivity contribution in [1.82, 2.24) is 5.32 Å². The Bertz CT molecular complexity index is 836. The number of anilines is 1. The van der Waals surface area contributed by atoms with Crippen LogP contribution in [0.1, 0.15) is 47.1 Å². The van der Waals surface area contributed by atoms with E-state index in [1.165, 1.54) is 0 Å². The van der Waals surface area contributed by atoms with E-state index in [0.717, 1.165) is 0 Å². The number of nitrogens with one attached hydrogen (secondary N) is 2. The van der Waals surface area contributed by atoms with Crippen molar-refractivity contribution in [3.05, 3.63) is 65.2 Å². The molecular formula is C21H24N2O4. The first-order valence-corrected chi connectivity index (χ1v) is 8.65. The van der Waals surface area contributed by atoms with Gasteiger partial charge in [-0.15, -0.1) is 0 Å². The van der Waals surface area contributed by atoms with E-state index in [2.05, 4.69) is 10.6 Å². The lowest BCUT2D eigenvalue weighted by atomic mass is 9.97. The van der Waals surface area contributed by atoms with Gasteiger partial charge in [-0.1, -0.05) is 39.0 Å². The van der Waals surface area contributed by atoms with Gasteiger partial charge >= 0.3 is 5.97 Å². The number of benzene rings is 2. The molecule has 0 fully saturated rings. The topological polar surface area (TPSA) is 95.5 Å². The first-order chi connectivity index (χ1) is 12.7. The van der Waals surface area contributed by atoms with Gasteiger partial charge < -0.3 is 15.7 Å². The molecule has 0 spiro atoms. The highest BCUT2D eigenvalue weighted by Crippen LogP contribution is 2.17. The molecule has 0 aliphatic rings. The van der Waals surface area contributed by atoms with Crippen molar-refractivity contribution in [3.63, 3.8) is 0 Å². The molecule has 142 valence electrons. The molecule has 2 aromatic carbocycles. The van der Waals surface area contributed by atoms with Crippen molar-refractivity contribution >= 4 is 23.5 Å². The van der Waals surface area contributed by atoms with E-state index >= 15 is 0 Å². The zero-order valence-electron chi connectivity index (χ0n) is 15.7. The van der Waals surface area contributed by atoms with Crippen LogP contribution in [0, 0.1) is 5.41 Å². The van der Waals surface area contributed by atoms with Crippen LogP contribution in [0.2, 0.25) is 0 Å². The summed E-state index contributed by atoms with van der Waals surface area (Å²) in [5.41, 5.74) is 1.82. The predicted molar refractivity (Wildman–Crippen MR) is 104 cm³/mol. The van der Waals surface area contributed by atoms with E-state index in [1.54, 1.807) is 48.5 Å². The van der Waals surface area contributed by atoms with Crippen LogP contribution in [0.4, 0.5) is 5.69 Å². The van der Waals surface area contributed by atoms with E-state index in [1.807, 2.05) is 20.8 Å². The molecule has 6 heteroatoms. The maximum atomic E-state index is 12.4. The average Bonchev–Trinajstić information content (AvgIpc) is 2.60. The summed E-state index contributed by atoms with van der Waals surface area (Å²) in [6.07, 6.45) is -0.177. The van der Waals surface area contributed by atoms with E-state index in [0.29, 0.717) is 28.9 Å². The van der Waals surface area contributed by atoms with E-state index in [9.17, 15) is 14.4 Å². The molecular weight excluding hydrogens is 344 g/mol. The van der Waals surface area contributed by atoms with Crippen LogP contribution in [0.25, 0.3) is 0 Å². The summed E-state index contributed by atoms with van der Waals surface area (Å²) in [5, 5.41) is 14.5. The second-order valence-electron chi connectivity index (χ2n) is 7.50. The molecule has 0 aromatic heterocycles. The lowest BCUT2D eigenvalue weighted by Crippen LogP contribution is -2.32. The second-order valence-corrected chi connectivity index (χ2v) is 7.50. The van der Waals surface area contributed by atoms with Crippen LogP contribution in [-0.2, 0) is 11.2 Å². The van der Waals surface area contributed by atoms with E-state index in [4.69, 9.17) is 5.11 Å². The van der Waals surface area contributed by atoms with Crippen molar-refractivity contribution in [2.45, 2.75) is 27.2 Å². The van der Waals surface area contributed by atoms with Gasteiger partial charge in [0.25, 0.3) is 11.8 Å². The molecule has 3 N–H and O–H groups in total. The summed E-state index contributed by atoms with van der Waals surface area (Å²) in [6.45, 7) is 6.64. The molecule has 0 aliphatic heterocycles. The molecule has 0 unspecified atom stereocenters. The van der Waals surface area contributed by atoms with Gasteiger partial charge in [0, 0.05) is 23.4 Å². The van der Waals surface area contributed by atoms with Gasteiger partial charge in [0.15, 0.2) is 0 Å². The third kappa shape index (κ3) is 6.26. The monoisotopic (exact) mass is 368 g/mol. The summed E-state index contributed by atoms with van der Waals surface area (Å²) >= 11 is 0. The van der Waals surface area contributed by atoms with Gasteiger partial charge in [-0.2, -0.15) is 0 Å². The SMILES string of the molecule is CC(C)(C)CNC(=O)c1ccc(C(=O)Nc2ccccc2CC(=O)O)cc1. The lowest BCUT2D eigenvalue weighted by Gasteiger charge is -2.18. The summed E-state index contributed by atoms with van der Waals surface area (Å²) in [6, 6.07) is 13.1. The van der Waals surface area contributed by atoms with Crippen LogP contribution in [0.3, 0.4) is 0 Å². The maximum Gasteiger partial charge on any atom is 0.307 e. The number of carboxylic acids is 1. The van der Waals surface area contributed by atoms with Crippen LogP contribution in [-0.4, -0.2) is 29.4 Å². The van der Waals surface area contributed by atoms with Crippen LogP contribution in [0.5, 0.6) is 0 Å². The Morgan fingerprint density at radius 2 is 1.44 bits per heavy atom. The molecule has 0 radical (unpaired) electrons. The number of carboxylic acid groups (broad SMARTS) is 1. The molecule has 6 nitrogen and oxygen atoms in total. The van der Waals surface area contributed by atoms with Crippen molar-refractivity contribution in [1.29, 1.82) is 0 Å². The normalized spacial score (nSPS) is 10.9. The zero-order chi connectivity index (χ0) is 20.0. The largest absolute Gasteiger partial charge is 0.481 e. The van der Waals surface area contributed by atoms with Crippen molar-refractivity contribution in [3.8, 4) is 0 Å². The molecule has 0 saturated carbocycles. The Morgan fingerprint density at radius 3 is 2.00 bits per heavy atom. The number of amides is 2. The minimum absolute atomic E-state index is 0.0151. The number of aliphatic carboxylic acids is 1. The standard InChI is InChI=1S/C21H24N2O4/c1-21(2,3)13-22-19(26)14-8-10-15(11-9-14)20(27)23-17-7-5-4-6-16(17)12-18(24)25/h4-11H,12-13H2,1-3H3,(H,22,26)(H,23,27)(H,24,25). The maximum absolute atomic E-state index is 12.4. The van der Waals surface area contributed by atoms with Crippen molar-refractivity contribution < 1.29 is 19.5 Å². The Balaban J connectivity index is 2.06. The average molecular weight is 368 g/mol. The second kappa shape index (κ2) is 8.49. The summed E-state index contributed by atoms with van der Waals surface area (Å²) in [5.74, 6) is -1.53. The molecule has 0 saturated heterocycles. The van der Waals surface area contributed by atoms with Crippen LogP contribution in [0.15, 0.2) is 48.5 Å². The fraction of sp³-hybridized carbons (Fsp3) is 0.286. The number of hydrogen-bond acceptors (Lipinski definition) is 3. The van der Waals surface area contributed by atoms with Crippen molar-refractivity contribution in [2.24, 2.45) is 5.41 Å². The van der Waals surface area contributed by atoms with Gasteiger partial charge in [-0.25, -0.2) is 0 Å². The highest BCUT2D eigenvalue weighted by molar-refractivity contribution is 6.05. The Hall–Kier alpha value is -3.15. The number of carbonyl (C=O) groups is 3. The molecule has 27 heavy (non-hydrogen) atoms. The first-order valence-electron chi connectivity index (χ1n) is 8.65.